The topological polar surface area (TPSA) is 46.6 Å². The molecule has 1 fully saturated rings. The molecule has 0 aromatic heterocycles. The monoisotopic (exact) mass is 283 g/mol. The van der Waals surface area contributed by atoms with Crippen LogP contribution in [0.1, 0.15) is 25.3 Å². The molecule has 0 aliphatic carbocycles. The Morgan fingerprint density at radius 1 is 1.24 bits per heavy atom. The SMILES string of the molecule is C[C@H](C(=O)N1C(=O)OC[C@@H]1C)c1ccc2ccccc2c1. The number of imide groups is 1. The van der Waals surface area contributed by atoms with E-state index in [1.54, 1.807) is 0 Å². The van der Waals surface area contributed by atoms with Crippen LogP contribution < -0.4 is 0 Å². The molecule has 0 radical (unpaired) electrons. The Labute approximate surface area is 123 Å². The molecule has 2 atom stereocenters. The summed E-state index contributed by atoms with van der Waals surface area (Å²) in [5.41, 5.74) is 0.908. The van der Waals surface area contributed by atoms with Gasteiger partial charge in [0.05, 0.1) is 12.0 Å². The van der Waals surface area contributed by atoms with Gasteiger partial charge in [0.2, 0.25) is 5.91 Å². The number of nitrogens with zero attached hydrogens (tertiary/aromatic N) is 1. The highest BCUT2D eigenvalue weighted by atomic mass is 16.6. The van der Waals surface area contributed by atoms with Crippen molar-refractivity contribution in [2.24, 2.45) is 0 Å². The first-order valence-electron chi connectivity index (χ1n) is 7.06. The van der Waals surface area contributed by atoms with E-state index in [0.29, 0.717) is 0 Å². The summed E-state index contributed by atoms with van der Waals surface area (Å²) < 4.78 is 4.92. The summed E-state index contributed by atoms with van der Waals surface area (Å²) in [4.78, 5) is 25.4. The second kappa shape index (κ2) is 5.20. The third kappa shape index (κ3) is 2.37. The Hall–Kier alpha value is -2.36. The summed E-state index contributed by atoms with van der Waals surface area (Å²) in [6.45, 7) is 3.91. The van der Waals surface area contributed by atoms with Gasteiger partial charge in [-0.25, -0.2) is 9.69 Å². The fourth-order valence-electron chi connectivity index (χ4n) is 2.65. The number of carbonyl (C=O) groups excluding carboxylic acids is 2. The zero-order valence-corrected chi connectivity index (χ0v) is 12.1. The summed E-state index contributed by atoms with van der Waals surface area (Å²) >= 11 is 0. The molecular formula is C17H17NO3. The Kier molecular flexibility index (Phi) is 3.37. The van der Waals surface area contributed by atoms with Gasteiger partial charge in [0.25, 0.3) is 0 Å². The number of fused-ring (bicyclic) bond motifs is 1. The first-order valence-corrected chi connectivity index (χ1v) is 7.06. The highest BCUT2D eigenvalue weighted by molar-refractivity contribution is 5.97. The van der Waals surface area contributed by atoms with Crippen molar-refractivity contribution in [3.8, 4) is 0 Å². The Bertz CT molecular complexity index is 710. The molecule has 108 valence electrons. The van der Waals surface area contributed by atoms with Crippen molar-refractivity contribution in [3.05, 3.63) is 48.0 Å². The first-order chi connectivity index (χ1) is 10.1. The Morgan fingerprint density at radius 3 is 2.62 bits per heavy atom. The second-order valence-corrected chi connectivity index (χ2v) is 5.46. The summed E-state index contributed by atoms with van der Waals surface area (Å²) in [6.07, 6.45) is -0.542. The number of amides is 2. The Morgan fingerprint density at radius 2 is 1.95 bits per heavy atom. The lowest BCUT2D eigenvalue weighted by molar-refractivity contribution is -0.130. The van der Waals surface area contributed by atoms with Crippen molar-refractivity contribution in [2.45, 2.75) is 25.8 Å². The van der Waals surface area contributed by atoms with Crippen LogP contribution in [0.2, 0.25) is 0 Å². The van der Waals surface area contributed by atoms with Crippen molar-refractivity contribution in [1.82, 2.24) is 4.90 Å². The maximum absolute atomic E-state index is 12.5. The van der Waals surface area contributed by atoms with E-state index in [4.69, 9.17) is 4.74 Å². The zero-order chi connectivity index (χ0) is 15.0. The average Bonchev–Trinajstić information content (AvgIpc) is 2.84. The normalized spacial score (nSPS) is 19.6. The van der Waals surface area contributed by atoms with Gasteiger partial charge in [0.1, 0.15) is 6.61 Å². The number of hydrogen-bond acceptors (Lipinski definition) is 3. The van der Waals surface area contributed by atoms with Crippen LogP contribution >= 0.6 is 0 Å². The van der Waals surface area contributed by atoms with Crippen LogP contribution in [-0.4, -0.2) is 29.5 Å². The predicted octanol–water partition coefficient (Wildman–Crippen LogP) is 3.31. The van der Waals surface area contributed by atoms with Gasteiger partial charge < -0.3 is 4.74 Å². The van der Waals surface area contributed by atoms with Crippen molar-refractivity contribution in [2.75, 3.05) is 6.61 Å². The van der Waals surface area contributed by atoms with E-state index in [9.17, 15) is 9.59 Å². The fraction of sp³-hybridized carbons (Fsp3) is 0.294. The van der Waals surface area contributed by atoms with Crippen molar-refractivity contribution in [3.63, 3.8) is 0 Å². The molecule has 1 aliphatic heterocycles. The predicted molar refractivity (Wildman–Crippen MR) is 80.0 cm³/mol. The minimum atomic E-state index is -0.542. The number of cyclic esters (lactones) is 1. The van der Waals surface area contributed by atoms with Crippen molar-refractivity contribution < 1.29 is 14.3 Å². The lowest BCUT2D eigenvalue weighted by atomic mass is 9.96. The zero-order valence-electron chi connectivity index (χ0n) is 12.1. The number of carbonyl (C=O) groups is 2. The van der Waals surface area contributed by atoms with Gasteiger partial charge in [-0.2, -0.15) is 0 Å². The third-order valence-corrected chi connectivity index (χ3v) is 3.97. The highest BCUT2D eigenvalue weighted by Gasteiger charge is 2.37. The van der Waals surface area contributed by atoms with Gasteiger partial charge in [-0.05, 0) is 30.2 Å². The summed E-state index contributed by atoms with van der Waals surface area (Å²) in [5, 5.41) is 2.22. The van der Waals surface area contributed by atoms with Gasteiger partial charge in [0.15, 0.2) is 0 Å². The van der Waals surface area contributed by atoms with Crippen LogP contribution in [0.15, 0.2) is 42.5 Å². The molecule has 1 heterocycles. The number of ether oxygens (including phenoxy) is 1. The summed E-state index contributed by atoms with van der Waals surface area (Å²) in [6, 6.07) is 13.7. The Balaban J connectivity index is 1.90. The van der Waals surface area contributed by atoms with Crippen molar-refractivity contribution in [1.29, 1.82) is 0 Å². The molecule has 3 rings (SSSR count). The smallest absolute Gasteiger partial charge is 0.416 e. The lowest BCUT2D eigenvalue weighted by Gasteiger charge is -2.20. The first kappa shape index (κ1) is 13.6. The number of hydrogen-bond donors (Lipinski definition) is 0. The molecule has 1 saturated heterocycles. The van der Waals surface area contributed by atoms with E-state index in [1.165, 1.54) is 4.90 Å². The second-order valence-electron chi connectivity index (χ2n) is 5.46. The quantitative estimate of drug-likeness (QED) is 0.849. The van der Waals surface area contributed by atoms with Gasteiger partial charge >= 0.3 is 6.09 Å². The molecule has 2 aromatic rings. The molecule has 0 unspecified atom stereocenters. The largest absolute Gasteiger partial charge is 0.447 e. The van der Waals surface area contributed by atoms with Crippen LogP contribution in [0.3, 0.4) is 0 Å². The van der Waals surface area contributed by atoms with E-state index in [2.05, 4.69) is 0 Å². The molecule has 0 saturated carbocycles. The van der Waals surface area contributed by atoms with Crippen LogP contribution in [0.25, 0.3) is 10.8 Å². The third-order valence-electron chi connectivity index (χ3n) is 3.97. The molecule has 21 heavy (non-hydrogen) atoms. The minimum Gasteiger partial charge on any atom is -0.447 e. The molecule has 2 amide bonds. The van der Waals surface area contributed by atoms with E-state index < -0.39 is 6.09 Å². The van der Waals surface area contributed by atoms with Crippen LogP contribution in [0.5, 0.6) is 0 Å². The highest BCUT2D eigenvalue weighted by Crippen LogP contribution is 2.25. The van der Waals surface area contributed by atoms with Crippen LogP contribution in [-0.2, 0) is 9.53 Å². The summed E-state index contributed by atoms with van der Waals surface area (Å²) in [7, 11) is 0. The molecule has 0 N–H and O–H groups in total. The molecule has 0 bridgehead atoms. The average molecular weight is 283 g/mol. The lowest BCUT2D eigenvalue weighted by Crippen LogP contribution is -2.39. The maximum atomic E-state index is 12.5. The van der Waals surface area contributed by atoms with Gasteiger partial charge in [-0.3, -0.25) is 4.79 Å². The van der Waals surface area contributed by atoms with Gasteiger partial charge in [0, 0.05) is 0 Å². The van der Waals surface area contributed by atoms with E-state index in [0.717, 1.165) is 16.3 Å². The molecule has 4 heteroatoms. The molecule has 4 nitrogen and oxygen atoms in total. The maximum Gasteiger partial charge on any atom is 0.416 e. The minimum absolute atomic E-state index is 0.201. The molecule has 0 spiro atoms. The molecule has 1 aliphatic rings. The van der Waals surface area contributed by atoms with Crippen molar-refractivity contribution >= 4 is 22.8 Å². The van der Waals surface area contributed by atoms with Gasteiger partial charge in [-0.15, -0.1) is 0 Å². The standard InChI is InChI=1S/C17H17NO3/c1-11-10-21-17(20)18(11)16(19)12(2)14-8-7-13-5-3-4-6-15(13)9-14/h3-9,11-12H,10H2,1-2H3/t11-,12-/m0/s1. The van der Waals surface area contributed by atoms with Crippen LogP contribution in [0, 0.1) is 0 Å². The van der Waals surface area contributed by atoms with Crippen LogP contribution in [0.4, 0.5) is 4.79 Å². The van der Waals surface area contributed by atoms with E-state index in [-0.39, 0.29) is 24.5 Å². The number of rotatable bonds is 2. The molecular weight excluding hydrogens is 266 g/mol. The molecule has 2 aromatic carbocycles. The number of benzene rings is 2. The summed E-state index contributed by atoms with van der Waals surface area (Å²) in [5.74, 6) is -0.581. The fourth-order valence-corrected chi connectivity index (χ4v) is 2.65. The van der Waals surface area contributed by atoms with E-state index >= 15 is 0 Å². The van der Waals surface area contributed by atoms with E-state index in [1.807, 2.05) is 56.3 Å². The van der Waals surface area contributed by atoms with Gasteiger partial charge in [-0.1, -0.05) is 42.5 Å².